The van der Waals surface area contributed by atoms with Crippen molar-refractivity contribution in [2.45, 2.75) is 49.4 Å². The Morgan fingerprint density at radius 3 is 2.74 bits per heavy atom. The van der Waals surface area contributed by atoms with Gasteiger partial charge < -0.3 is 5.32 Å². The van der Waals surface area contributed by atoms with E-state index in [4.69, 9.17) is 0 Å². The third-order valence-electron chi connectivity index (χ3n) is 4.13. The fourth-order valence-corrected chi connectivity index (χ4v) is 4.47. The lowest BCUT2D eigenvalue weighted by Crippen LogP contribution is -2.37. The molecule has 1 aromatic carbocycles. The highest BCUT2D eigenvalue weighted by Gasteiger charge is 2.16. The van der Waals surface area contributed by atoms with Crippen molar-refractivity contribution in [3.05, 3.63) is 35.2 Å². The molecule has 1 aromatic heterocycles. The minimum absolute atomic E-state index is 0.133. The van der Waals surface area contributed by atoms with Crippen LogP contribution < -0.4 is 5.32 Å². The quantitative estimate of drug-likeness (QED) is 0.801. The Labute approximate surface area is 145 Å². The molecule has 1 N–H and O–H groups in total. The molecule has 0 unspecified atom stereocenters. The molecule has 1 heterocycles. The standard InChI is InChI=1S/C18H22N2OS2/c1-13-7-9-14(10-8-13)16-11-22-18(20-16)23-12-17(21)19-15-5-3-2-4-6-15/h7-11,15H,2-6,12H2,1H3,(H,19,21). The molecule has 1 aliphatic rings. The predicted octanol–water partition coefficient (Wildman–Crippen LogP) is 4.66. The normalized spacial score (nSPS) is 15.5. The van der Waals surface area contributed by atoms with Crippen molar-refractivity contribution in [2.75, 3.05) is 5.75 Å². The number of carbonyl (C=O) groups excluding carboxylic acids is 1. The maximum Gasteiger partial charge on any atom is 0.230 e. The van der Waals surface area contributed by atoms with Gasteiger partial charge in [0.05, 0.1) is 11.4 Å². The number of aromatic nitrogens is 1. The van der Waals surface area contributed by atoms with Crippen LogP contribution in [0.25, 0.3) is 11.3 Å². The molecule has 0 atom stereocenters. The zero-order valence-electron chi connectivity index (χ0n) is 13.4. The number of benzene rings is 1. The molecule has 2 aromatic rings. The highest BCUT2D eigenvalue weighted by molar-refractivity contribution is 8.01. The first-order chi connectivity index (χ1) is 11.2. The van der Waals surface area contributed by atoms with Crippen molar-refractivity contribution < 1.29 is 4.79 Å². The van der Waals surface area contributed by atoms with Crippen LogP contribution in [0.15, 0.2) is 34.0 Å². The van der Waals surface area contributed by atoms with E-state index in [1.807, 2.05) is 0 Å². The lowest BCUT2D eigenvalue weighted by atomic mass is 9.95. The smallest absolute Gasteiger partial charge is 0.230 e. The third-order valence-corrected chi connectivity index (χ3v) is 6.15. The summed E-state index contributed by atoms with van der Waals surface area (Å²) in [4.78, 5) is 16.7. The molecular weight excluding hydrogens is 324 g/mol. The maximum absolute atomic E-state index is 12.0. The first-order valence-corrected chi connectivity index (χ1v) is 10.0. The van der Waals surface area contributed by atoms with Crippen molar-refractivity contribution in [3.63, 3.8) is 0 Å². The Bertz CT molecular complexity index is 645. The number of nitrogens with one attached hydrogen (secondary N) is 1. The summed E-state index contributed by atoms with van der Waals surface area (Å²) in [6, 6.07) is 8.76. The number of carbonyl (C=O) groups is 1. The van der Waals surface area contributed by atoms with Crippen LogP contribution in [0.3, 0.4) is 0 Å². The minimum Gasteiger partial charge on any atom is -0.353 e. The highest BCUT2D eigenvalue weighted by atomic mass is 32.2. The maximum atomic E-state index is 12.0. The van der Waals surface area contributed by atoms with Gasteiger partial charge in [0, 0.05) is 17.0 Å². The van der Waals surface area contributed by atoms with E-state index in [0.717, 1.165) is 28.4 Å². The fourth-order valence-electron chi connectivity index (χ4n) is 2.82. The minimum atomic E-state index is 0.133. The molecule has 23 heavy (non-hydrogen) atoms. The largest absolute Gasteiger partial charge is 0.353 e. The van der Waals surface area contributed by atoms with E-state index in [-0.39, 0.29) is 5.91 Å². The molecule has 1 saturated carbocycles. The van der Waals surface area contributed by atoms with Crippen molar-refractivity contribution in [2.24, 2.45) is 0 Å². The molecule has 0 saturated heterocycles. The Kier molecular flexibility index (Phi) is 5.73. The fraction of sp³-hybridized carbons (Fsp3) is 0.444. The number of hydrogen-bond acceptors (Lipinski definition) is 4. The number of amides is 1. The Balaban J connectivity index is 1.50. The average Bonchev–Trinajstić information content (AvgIpc) is 3.04. The van der Waals surface area contributed by atoms with E-state index in [0.29, 0.717) is 11.8 Å². The van der Waals surface area contributed by atoms with Crippen LogP contribution in [0, 0.1) is 6.92 Å². The van der Waals surface area contributed by atoms with Crippen LogP contribution in [0.1, 0.15) is 37.7 Å². The van der Waals surface area contributed by atoms with Gasteiger partial charge in [-0.05, 0) is 19.8 Å². The summed E-state index contributed by atoms with van der Waals surface area (Å²) >= 11 is 3.14. The molecule has 1 amide bonds. The first-order valence-electron chi connectivity index (χ1n) is 8.15. The summed E-state index contributed by atoms with van der Waals surface area (Å²) in [6.45, 7) is 2.08. The number of hydrogen-bond donors (Lipinski definition) is 1. The number of rotatable bonds is 5. The van der Waals surface area contributed by atoms with E-state index in [9.17, 15) is 4.79 Å². The van der Waals surface area contributed by atoms with Crippen LogP contribution in [-0.2, 0) is 4.79 Å². The van der Waals surface area contributed by atoms with E-state index in [1.165, 1.54) is 36.6 Å². The number of nitrogens with zero attached hydrogens (tertiary/aromatic N) is 1. The average molecular weight is 347 g/mol. The molecule has 3 rings (SSSR count). The van der Waals surface area contributed by atoms with E-state index in [1.54, 1.807) is 11.3 Å². The van der Waals surface area contributed by atoms with Gasteiger partial charge in [0.2, 0.25) is 5.91 Å². The zero-order valence-corrected chi connectivity index (χ0v) is 15.0. The molecule has 3 nitrogen and oxygen atoms in total. The molecule has 0 spiro atoms. The molecule has 0 radical (unpaired) electrons. The topological polar surface area (TPSA) is 42.0 Å². The summed E-state index contributed by atoms with van der Waals surface area (Å²) in [5.41, 5.74) is 3.37. The zero-order chi connectivity index (χ0) is 16.1. The van der Waals surface area contributed by atoms with E-state index in [2.05, 4.69) is 46.9 Å². The number of thioether (sulfide) groups is 1. The Hall–Kier alpha value is -1.33. The van der Waals surface area contributed by atoms with Crippen molar-refractivity contribution in [1.82, 2.24) is 10.3 Å². The number of thiazole rings is 1. The van der Waals surface area contributed by atoms with Crippen molar-refractivity contribution in [1.29, 1.82) is 0 Å². The summed E-state index contributed by atoms with van der Waals surface area (Å²) in [7, 11) is 0. The van der Waals surface area contributed by atoms with Gasteiger partial charge in [-0.2, -0.15) is 0 Å². The van der Waals surface area contributed by atoms with Crippen LogP contribution in [0.4, 0.5) is 0 Å². The van der Waals surface area contributed by atoms with Gasteiger partial charge in [-0.3, -0.25) is 4.79 Å². The second-order valence-corrected chi connectivity index (χ2v) is 8.14. The molecule has 1 aliphatic carbocycles. The summed E-state index contributed by atoms with van der Waals surface area (Å²) in [6.07, 6.45) is 6.05. The van der Waals surface area contributed by atoms with Crippen LogP contribution in [-0.4, -0.2) is 22.7 Å². The predicted molar refractivity (Wildman–Crippen MR) is 98.0 cm³/mol. The van der Waals surface area contributed by atoms with Gasteiger partial charge in [0.1, 0.15) is 0 Å². The SMILES string of the molecule is Cc1ccc(-c2csc(SCC(=O)NC3CCCCC3)n2)cc1. The van der Waals surface area contributed by atoms with Gasteiger partial charge in [-0.1, -0.05) is 60.9 Å². The lowest BCUT2D eigenvalue weighted by Gasteiger charge is -2.22. The third kappa shape index (κ3) is 4.82. The van der Waals surface area contributed by atoms with Crippen molar-refractivity contribution >= 4 is 29.0 Å². The molecule has 5 heteroatoms. The monoisotopic (exact) mass is 346 g/mol. The summed E-state index contributed by atoms with van der Waals surface area (Å²) in [5.74, 6) is 0.589. The van der Waals surface area contributed by atoms with Gasteiger partial charge in [-0.25, -0.2) is 4.98 Å². The second-order valence-electron chi connectivity index (χ2n) is 6.06. The van der Waals surface area contributed by atoms with E-state index >= 15 is 0 Å². The molecular formula is C18H22N2OS2. The second kappa shape index (κ2) is 7.97. The van der Waals surface area contributed by atoms with E-state index < -0.39 is 0 Å². The molecule has 122 valence electrons. The molecule has 0 aliphatic heterocycles. The summed E-state index contributed by atoms with van der Waals surface area (Å²) in [5, 5.41) is 5.21. The van der Waals surface area contributed by atoms with Crippen LogP contribution >= 0.6 is 23.1 Å². The Morgan fingerprint density at radius 1 is 1.26 bits per heavy atom. The van der Waals surface area contributed by atoms with Gasteiger partial charge in [0.25, 0.3) is 0 Å². The highest BCUT2D eigenvalue weighted by Crippen LogP contribution is 2.28. The first kappa shape index (κ1) is 16.5. The number of aryl methyl sites for hydroxylation is 1. The molecule has 0 bridgehead atoms. The van der Waals surface area contributed by atoms with Gasteiger partial charge in [-0.15, -0.1) is 11.3 Å². The lowest BCUT2D eigenvalue weighted by molar-refractivity contribution is -0.119. The van der Waals surface area contributed by atoms with Crippen LogP contribution in [0.5, 0.6) is 0 Å². The summed E-state index contributed by atoms with van der Waals surface area (Å²) < 4.78 is 0.958. The van der Waals surface area contributed by atoms with Gasteiger partial charge in [0.15, 0.2) is 4.34 Å². The Morgan fingerprint density at radius 2 is 2.00 bits per heavy atom. The molecule has 1 fully saturated rings. The van der Waals surface area contributed by atoms with Crippen LogP contribution in [0.2, 0.25) is 0 Å². The van der Waals surface area contributed by atoms with Gasteiger partial charge >= 0.3 is 0 Å². The van der Waals surface area contributed by atoms with Crippen molar-refractivity contribution in [3.8, 4) is 11.3 Å².